The van der Waals surface area contributed by atoms with Crippen LogP contribution in [0.1, 0.15) is 22.4 Å². The summed E-state index contributed by atoms with van der Waals surface area (Å²) in [6, 6.07) is 13.5. The summed E-state index contributed by atoms with van der Waals surface area (Å²) in [5.41, 5.74) is 4.17. The SMILES string of the molecule is COCc1cc(NCc2cc(Cl)ccc2Oc2ccc(C)c(C)c2)ncn1. The van der Waals surface area contributed by atoms with Crippen molar-refractivity contribution in [3.8, 4) is 11.5 Å². The summed E-state index contributed by atoms with van der Waals surface area (Å²) in [6.45, 7) is 5.11. The van der Waals surface area contributed by atoms with Crippen molar-refractivity contribution in [2.75, 3.05) is 12.4 Å². The van der Waals surface area contributed by atoms with Gasteiger partial charge in [0.1, 0.15) is 23.6 Å². The Kier molecular flexibility index (Phi) is 6.27. The number of benzene rings is 2. The molecule has 0 bridgehead atoms. The van der Waals surface area contributed by atoms with Crippen molar-refractivity contribution in [3.05, 3.63) is 76.2 Å². The molecule has 0 amide bonds. The van der Waals surface area contributed by atoms with Crippen LogP contribution in [0.2, 0.25) is 5.02 Å². The Balaban J connectivity index is 1.77. The Hall–Kier alpha value is -2.63. The Morgan fingerprint density at radius 2 is 1.85 bits per heavy atom. The summed E-state index contributed by atoms with van der Waals surface area (Å²) >= 11 is 6.19. The first-order valence-corrected chi connectivity index (χ1v) is 9.00. The molecule has 1 heterocycles. The average molecular weight is 384 g/mol. The smallest absolute Gasteiger partial charge is 0.132 e. The Labute approximate surface area is 164 Å². The molecule has 27 heavy (non-hydrogen) atoms. The second-order valence-electron chi connectivity index (χ2n) is 6.28. The van der Waals surface area contributed by atoms with Crippen LogP contribution in [0.25, 0.3) is 0 Å². The van der Waals surface area contributed by atoms with Gasteiger partial charge in [-0.1, -0.05) is 17.7 Å². The minimum absolute atomic E-state index is 0.440. The van der Waals surface area contributed by atoms with Crippen molar-refractivity contribution in [1.82, 2.24) is 9.97 Å². The number of ether oxygens (including phenoxy) is 2. The second-order valence-corrected chi connectivity index (χ2v) is 6.72. The molecule has 0 radical (unpaired) electrons. The van der Waals surface area contributed by atoms with Crippen molar-refractivity contribution >= 4 is 17.4 Å². The Morgan fingerprint density at radius 1 is 1.00 bits per heavy atom. The van der Waals surface area contributed by atoms with E-state index in [0.717, 1.165) is 22.8 Å². The third kappa shape index (κ3) is 5.18. The molecule has 0 saturated carbocycles. The first-order valence-electron chi connectivity index (χ1n) is 8.62. The average Bonchev–Trinajstić information content (AvgIpc) is 2.65. The van der Waals surface area contributed by atoms with Crippen LogP contribution in [0.4, 0.5) is 5.82 Å². The molecule has 6 heteroatoms. The zero-order valence-corrected chi connectivity index (χ0v) is 16.4. The maximum Gasteiger partial charge on any atom is 0.132 e. The summed E-state index contributed by atoms with van der Waals surface area (Å²) in [6.07, 6.45) is 1.52. The van der Waals surface area contributed by atoms with Crippen LogP contribution >= 0.6 is 11.6 Å². The van der Waals surface area contributed by atoms with Crippen molar-refractivity contribution in [2.24, 2.45) is 0 Å². The van der Waals surface area contributed by atoms with Crippen molar-refractivity contribution in [3.63, 3.8) is 0 Å². The summed E-state index contributed by atoms with van der Waals surface area (Å²) in [5, 5.41) is 3.94. The highest BCUT2D eigenvalue weighted by molar-refractivity contribution is 6.30. The van der Waals surface area contributed by atoms with Gasteiger partial charge < -0.3 is 14.8 Å². The Morgan fingerprint density at radius 3 is 2.63 bits per heavy atom. The highest BCUT2D eigenvalue weighted by Gasteiger charge is 2.08. The van der Waals surface area contributed by atoms with Crippen LogP contribution < -0.4 is 10.1 Å². The van der Waals surface area contributed by atoms with Gasteiger partial charge in [-0.15, -0.1) is 0 Å². The van der Waals surface area contributed by atoms with Crippen LogP contribution in [-0.2, 0) is 17.9 Å². The third-order valence-corrected chi connectivity index (χ3v) is 4.44. The normalized spacial score (nSPS) is 10.7. The van der Waals surface area contributed by atoms with Gasteiger partial charge in [0, 0.05) is 30.3 Å². The fraction of sp³-hybridized carbons (Fsp3) is 0.238. The zero-order valence-electron chi connectivity index (χ0n) is 15.6. The van der Waals surface area contributed by atoms with Crippen LogP contribution in [-0.4, -0.2) is 17.1 Å². The van der Waals surface area contributed by atoms with Gasteiger partial charge in [0.2, 0.25) is 0 Å². The number of hydrogen-bond donors (Lipinski definition) is 1. The maximum absolute atomic E-state index is 6.19. The molecule has 3 aromatic rings. The summed E-state index contributed by atoms with van der Waals surface area (Å²) in [7, 11) is 1.64. The molecule has 0 unspecified atom stereocenters. The lowest BCUT2D eigenvalue weighted by molar-refractivity contribution is 0.181. The van der Waals surface area contributed by atoms with Crippen LogP contribution in [0.5, 0.6) is 11.5 Å². The highest BCUT2D eigenvalue weighted by Crippen LogP contribution is 2.29. The molecule has 2 aromatic carbocycles. The van der Waals surface area contributed by atoms with Gasteiger partial charge in [-0.2, -0.15) is 0 Å². The largest absolute Gasteiger partial charge is 0.457 e. The number of rotatable bonds is 7. The van der Waals surface area contributed by atoms with E-state index in [4.69, 9.17) is 21.1 Å². The quantitative estimate of drug-likeness (QED) is 0.600. The third-order valence-electron chi connectivity index (χ3n) is 4.20. The predicted octanol–water partition coefficient (Wildman–Crippen LogP) is 5.30. The molecule has 0 spiro atoms. The molecular weight excluding hydrogens is 362 g/mol. The number of nitrogens with one attached hydrogen (secondary N) is 1. The molecule has 0 aliphatic heterocycles. The van der Waals surface area contributed by atoms with Crippen molar-refractivity contribution in [1.29, 1.82) is 0 Å². The number of nitrogens with zero attached hydrogens (tertiary/aromatic N) is 2. The zero-order chi connectivity index (χ0) is 19.2. The molecule has 1 aromatic heterocycles. The van der Waals surface area contributed by atoms with E-state index in [9.17, 15) is 0 Å². The van der Waals surface area contributed by atoms with Crippen LogP contribution in [0.3, 0.4) is 0 Å². The summed E-state index contributed by atoms with van der Waals surface area (Å²) in [4.78, 5) is 8.41. The second kappa shape index (κ2) is 8.84. The number of hydrogen-bond acceptors (Lipinski definition) is 5. The lowest BCUT2D eigenvalue weighted by Gasteiger charge is -2.14. The van der Waals surface area contributed by atoms with E-state index in [1.165, 1.54) is 17.5 Å². The predicted molar refractivity (Wildman–Crippen MR) is 108 cm³/mol. The van der Waals surface area contributed by atoms with Gasteiger partial charge in [0.25, 0.3) is 0 Å². The molecule has 0 fully saturated rings. The number of aryl methyl sites for hydroxylation is 2. The molecule has 1 N–H and O–H groups in total. The van der Waals surface area contributed by atoms with Crippen molar-refractivity contribution < 1.29 is 9.47 Å². The van der Waals surface area contributed by atoms with E-state index in [-0.39, 0.29) is 0 Å². The van der Waals surface area contributed by atoms with Crippen LogP contribution in [0, 0.1) is 13.8 Å². The van der Waals surface area contributed by atoms with E-state index in [0.29, 0.717) is 24.0 Å². The minimum Gasteiger partial charge on any atom is -0.457 e. The summed E-state index contributed by atoms with van der Waals surface area (Å²) < 4.78 is 11.2. The Bertz CT molecular complexity index is 931. The lowest BCUT2D eigenvalue weighted by atomic mass is 10.1. The first kappa shape index (κ1) is 19.1. The molecule has 5 nitrogen and oxygen atoms in total. The first-order chi connectivity index (χ1) is 13.0. The number of methoxy groups -OCH3 is 1. The van der Waals surface area contributed by atoms with E-state index >= 15 is 0 Å². The van der Waals surface area contributed by atoms with Crippen LogP contribution in [0.15, 0.2) is 48.8 Å². The van der Waals surface area contributed by atoms with Crippen molar-refractivity contribution in [2.45, 2.75) is 27.0 Å². The number of aromatic nitrogens is 2. The molecular formula is C21H22ClN3O2. The number of halogens is 1. The summed E-state index contributed by atoms with van der Waals surface area (Å²) in [5.74, 6) is 2.27. The molecule has 3 rings (SSSR count). The maximum atomic E-state index is 6.19. The molecule has 0 aliphatic rings. The van der Waals surface area contributed by atoms with Gasteiger partial charge >= 0.3 is 0 Å². The fourth-order valence-corrected chi connectivity index (χ4v) is 2.79. The van der Waals surface area contributed by atoms with Gasteiger partial charge in [0.15, 0.2) is 0 Å². The van der Waals surface area contributed by atoms with E-state index in [2.05, 4.69) is 35.2 Å². The highest BCUT2D eigenvalue weighted by atomic mass is 35.5. The van der Waals surface area contributed by atoms with E-state index in [1.54, 1.807) is 7.11 Å². The minimum atomic E-state index is 0.440. The molecule has 0 saturated heterocycles. The standard InChI is InChI=1S/C21H22ClN3O2/c1-14-4-6-19(8-15(14)2)27-20-7-5-17(22)9-16(20)11-23-21-10-18(12-26-3)24-13-25-21/h4-10,13H,11-12H2,1-3H3,(H,23,24,25). The molecule has 0 aliphatic carbocycles. The molecule has 140 valence electrons. The van der Waals surface area contributed by atoms with Gasteiger partial charge in [0.05, 0.1) is 12.3 Å². The van der Waals surface area contributed by atoms with E-state index < -0.39 is 0 Å². The van der Waals surface area contributed by atoms with Gasteiger partial charge in [-0.05, 0) is 55.3 Å². The monoisotopic (exact) mass is 383 g/mol. The van der Waals surface area contributed by atoms with Gasteiger partial charge in [-0.3, -0.25) is 0 Å². The fourth-order valence-electron chi connectivity index (χ4n) is 2.60. The lowest BCUT2D eigenvalue weighted by Crippen LogP contribution is -2.05. The molecule has 0 atom stereocenters. The van der Waals surface area contributed by atoms with E-state index in [1.807, 2.05) is 36.4 Å². The number of anilines is 1. The van der Waals surface area contributed by atoms with Gasteiger partial charge in [-0.25, -0.2) is 9.97 Å². The topological polar surface area (TPSA) is 56.3 Å².